The van der Waals surface area contributed by atoms with E-state index in [-0.39, 0.29) is 29.8 Å². The van der Waals surface area contributed by atoms with Crippen LogP contribution in [0.1, 0.15) is 5.56 Å². The molecule has 9 nitrogen and oxygen atoms in total. The maximum Gasteiger partial charge on any atom is 0.421 e. The predicted octanol–water partition coefficient (Wildman–Crippen LogP) is 1.92. The van der Waals surface area contributed by atoms with Gasteiger partial charge in [-0.2, -0.15) is 22.5 Å². The SMILES string of the molecule is CNCCN(C)c1nc(Nc2ccc(S(=O)(=O)N3CCOCC3)cc2)ncc1C(F)(F)F. The zero-order valence-corrected chi connectivity index (χ0v) is 18.5. The molecule has 176 valence electrons. The van der Waals surface area contributed by atoms with Crippen LogP contribution in [0.25, 0.3) is 0 Å². The first-order valence-corrected chi connectivity index (χ1v) is 11.3. The van der Waals surface area contributed by atoms with Crippen LogP contribution in [0.2, 0.25) is 0 Å². The van der Waals surface area contributed by atoms with E-state index in [4.69, 9.17) is 4.74 Å². The Morgan fingerprint density at radius 3 is 2.44 bits per heavy atom. The molecule has 0 spiro atoms. The quantitative estimate of drug-likeness (QED) is 0.599. The maximum absolute atomic E-state index is 13.4. The molecule has 0 radical (unpaired) electrons. The van der Waals surface area contributed by atoms with Gasteiger partial charge in [-0.15, -0.1) is 0 Å². The molecule has 1 aromatic carbocycles. The van der Waals surface area contributed by atoms with Crippen LogP contribution in [-0.2, 0) is 20.9 Å². The minimum Gasteiger partial charge on any atom is -0.379 e. The molecule has 2 aromatic rings. The Morgan fingerprint density at radius 1 is 1.19 bits per heavy atom. The van der Waals surface area contributed by atoms with Crippen LogP contribution < -0.4 is 15.5 Å². The van der Waals surface area contributed by atoms with E-state index in [1.165, 1.54) is 40.5 Å². The number of nitrogens with zero attached hydrogens (tertiary/aromatic N) is 4. The molecule has 0 saturated carbocycles. The summed E-state index contributed by atoms with van der Waals surface area (Å²) in [4.78, 5) is 9.34. The zero-order valence-electron chi connectivity index (χ0n) is 17.7. The van der Waals surface area contributed by atoms with Gasteiger partial charge in [0.15, 0.2) is 0 Å². The summed E-state index contributed by atoms with van der Waals surface area (Å²) in [5.41, 5.74) is -0.497. The van der Waals surface area contributed by atoms with Gasteiger partial charge in [0.2, 0.25) is 16.0 Å². The Labute approximate surface area is 184 Å². The van der Waals surface area contributed by atoms with Gasteiger partial charge in [-0.05, 0) is 31.3 Å². The maximum atomic E-state index is 13.4. The normalized spacial score (nSPS) is 15.5. The molecule has 1 saturated heterocycles. The van der Waals surface area contributed by atoms with Gasteiger partial charge in [-0.25, -0.2) is 13.4 Å². The summed E-state index contributed by atoms with van der Waals surface area (Å²) < 4.78 is 72.1. The molecule has 0 unspecified atom stereocenters. The molecule has 0 atom stereocenters. The fourth-order valence-electron chi connectivity index (χ4n) is 3.08. The Bertz CT molecular complexity index is 1010. The molecule has 2 heterocycles. The molecular weight excluding hydrogens is 449 g/mol. The third-order valence-electron chi connectivity index (χ3n) is 4.85. The minimum absolute atomic E-state index is 0.0342. The number of sulfonamides is 1. The molecule has 1 aliphatic heterocycles. The van der Waals surface area contributed by atoms with Crippen LogP contribution in [-0.4, -0.2) is 76.2 Å². The fraction of sp³-hybridized carbons (Fsp3) is 0.474. The highest BCUT2D eigenvalue weighted by Gasteiger charge is 2.36. The topological polar surface area (TPSA) is 99.7 Å². The van der Waals surface area contributed by atoms with E-state index in [0.29, 0.717) is 32.0 Å². The Morgan fingerprint density at radius 2 is 1.84 bits per heavy atom. The average molecular weight is 475 g/mol. The lowest BCUT2D eigenvalue weighted by Crippen LogP contribution is -2.40. The molecule has 3 rings (SSSR count). The number of ether oxygens (including phenoxy) is 1. The zero-order chi connectivity index (χ0) is 23.4. The highest BCUT2D eigenvalue weighted by atomic mass is 32.2. The minimum atomic E-state index is -4.60. The number of anilines is 3. The molecule has 0 amide bonds. The smallest absolute Gasteiger partial charge is 0.379 e. The summed E-state index contributed by atoms with van der Waals surface area (Å²) in [5.74, 6) is -0.287. The second-order valence-electron chi connectivity index (χ2n) is 7.12. The van der Waals surface area contributed by atoms with Crippen LogP contribution in [0.3, 0.4) is 0 Å². The summed E-state index contributed by atoms with van der Waals surface area (Å²) in [6.07, 6.45) is -3.87. The van der Waals surface area contributed by atoms with Gasteiger partial charge in [0.05, 0.1) is 18.1 Å². The van der Waals surface area contributed by atoms with Gasteiger partial charge in [-0.1, -0.05) is 0 Å². The highest BCUT2D eigenvalue weighted by molar-refractivity contribution is 7.89. The lowest BCUT2D eigenvalue weighted by molar-refractivity contribution is -0.137. The lowest BCUT2D eigenvalue weighted by atomic mass is 10.2. The van der Waals surface area contributed by atoms with Gasteiger partial charge in [0, 0.05) is 45.1 Å². The summed E-state index contributed by atoms with van der Waals surface area (Å²) in [7, 11) is -0.423. The third-order valence-corrected chi connectivity index (χ3v) is 6.76. The molecule has 1 aromatic heterocycles. The molecule has 0 bridgehead atoms. The summed E-state index contributed by atoms with van der Waals surface area (Å²) in [6, 6.07) is 5.88. The molecule has 2 N–H and O–H groups in total. The second kappa shape index (κ2) is 9.98. The number of halogens is 3. The number of nitrogens with one attached hydrogen (secondary N) is 2. The van der Waals surface area contributed by atoms with Gasteiger partial charge in [0.25, 0.3) is 0 Å². The van der Waals surface area contributed by atoms with Crippen LogP contribution in [0.5, 0.6) is 0 Å². The number of alkyl halides is 3. The van der Waals surface area contributed by atoms with Gasteiger partial charge >= 0.3 is 6.18 Å². The van der Waals surface area contributed by atoms with Crippen LogP contribution in [0.4, 0.5) is 30.6 Å². The number of morpholine rings is 1. The fourth-order valence-corrected chi connectivity index (χ4v) is 4.49. The highest BCUT2D eigenvalue weighted by Crippen LogP contribution is 2.35. The summed E-state index contributed by atoms with van der Waals surface area (Å²) in [5, 5.41) is 5.71. The number of rotatable bonds is 8. The van der Waals surface area contributed by atoms with Crippen molar-refractivity contribution >= 4 is 27.5 Å². The van der Waals surface area contributed by atoms with E-state index < -0.39 is 21.8 Å². The molecule has 1 fully saturated rings. The van der Waals surface area contributed by atoms with Gasteiger partial charge in [0.1, 0.15) is 11.4 Å². The Kier molecular flexibility index (Phi) is 7.54. The van der Waals surface area contributed by atoms with Crippen molar-refractivity contribution in [3.8, 4) is 0 Å². The van der Waals surface area contributed by atoms with E-state index in [1.54, 1.807) is 7.05 Å². The van der Waals surface area contributed by atoms with Crippen molar-refractivity contribution in [2.24, 2.45) is 0 Å². The average Bonchev–Trinajstić information content (AvgIpc) is 2.77. The molecule has 32 heavy (non-hydrogen) atoms. The van der Waals surface area contributed by atoms with E-state index in [1.807, 2.05) is 0 Å². The largest absolute Gasteiger partial charge is 0.421 e. The molecule has 1 aliphatic rings. The molecular formula is C19H25F3N6O3S. The van der Waals surface area contributed by atoms with Crippen LogP contribution in [0.15, 0.2) is 35.4 Å². The van der Waals surface area contributed by atoms with E-state index in [2.05, 4.69) is 20.6 Å². The number of likely N-dealkylation sites (N-methyl/N-ethyl adjacent to an activating group) is 2. The van der Waals surface area contributed by atoms with Crippen molar-refractivity contribution in [1.82, 2.24) is 19.6 Å². The standard InChI is InChI=1S/C19H25F3N6O3S/c1-23-7-8-27(2)17-16(19(20,21)22)13-24-18(26-17)25-14-3-5-15(6-4-14)32(29,30)28-9-11-31-12-10-28/h3-6,13,23H,7-12H2,1-2H3,(H,24,25,26). The first kappa shape index (κ1) is 24.2. The van der Waals surface area contributed by atoms with Crippen molar-refractivity contribution in [2.75, 3.05) is 63.7 Å². The molecule has 0 aliphatic carbocycles. The summed E-state index contributed by atoms with van der Waals surface area (Å²) in [6.45, 7) is 2.03. The van der Waals surface area contributed by atoms with Crippen molar-refractivity contribution in [3.63, 3.8) is 0 Å². The van der Waals surface area contributed by atoms with E-state index >= 15 is 0 Å². The van der Waals surface area contributed by atoms with Gasteiger partial charge in [-0.3, -0.25) is 0 Å². The number of benzene rings is 1. The van der Waals surface area contributed by atoms with Crippen LogP contribution >= 0.6 is 0 Å². The van der Waals surface area contributed by atoms with Crippen molar-refractivity contribution in [3.05, 3.63) is 36.0 Å². The number of hydrogen-bond acceptors (Lipinski definition) is 8. The summed E-state index contributed by atoms with van der Waals surface area (Å²) >= 11 is 0. The number of aromatic nitrogens is 2. The first-order chi connectivity index (χ1) is 15.1. The van der Waals surface area contributed by atoms with E-state index in [9.17, 15) is 21.6 Å². The van der Waals surface area contributed by atoms with Gasteiger partial charge < -0.3 is 20.3 Å². The second-order valence-corrected chi connectivity index (χ2v) is 9.06. The predicted molar refractivity (Wildman–Crippen MR) is 114 cm³/mol. The Balaban J connectivity index is 1.80. The van der Waals surface area contributed by atoms with Crippen LogP contribution in [0, 0.1) is 0 Å². The molecule has 13 heteroatoms. The monoisotopic (exact) mass is 474 g/mol. The van der Waals surface area contributed by atoms with E-state index in [0.717, 1.165) is 6.20 Å². The van der Waals surface area contributed by atoms with Crippen molar-refractivity contribution in [2.45, 2.75) is 11.1 Å². The lowest BCUT2D eigenvalue weighted by Gasteiger charge is -2.26. The van der Waals surface area contributed by atoms with Crippen molar-refractivity contribution in [1.29, 1.82) is 0 Å². The number of hydrogen-bond donors (Lipinski definition) is 2. The third kappa shape index (κ3) is 5.65. The van der Waals surface area contributed by atoms with Crippen molar-refractivity contribution < 1.29 is 26.3 Å². The first-order valence-electron chi connectivity index (χ1n) is 9.88. The Hall–Kier alpha value is -2.48.